The number of ether oxygens (including phenoxy) is 1. The molecule has 6 nitrogen and oxygen atoms in total. The quantitative estimate of drug-likeness (QED) is 0.771. The van der Waals surface area contributed by atoms with Gasteiger partial charge in [-0.1, -0.05) is 0 Å². The smallest absolute Gasteiger partial charge is 0.303 e. The number of hydrogen-bond acceptors (Lipinski definition) is 5. The molecule has 0 saturated carbocycles. The van der Waals surface area contributed by atoms with Gasteiger partial charge < -0.3 is 15.2 Å². The molecule has 0 spiro atoms. The van der Waals surface area contributed by atoms with E-state index in [1.165, 1.54) is 6.33 Å². The lowest BCUT2D eigenvalue weighted by Gasteiger charge is -2.16. The lowest BCUT2D eigenvalue weighted by Crippen LogP contribution is -2.18. The van der Waals surface area contributed by atoms with Crippen molar-refractivity contribution in [2.24, 2.45) is 0 Å². The van der Waals surface area contributed by atoms with E-state index >= 15 is 0 Å². The molecule has 0 amide bonds. The van der Waals surface area contributed by atoms with Gasteiger partial charge in [0.15, 0.2) is 0 Å². The average molecular weight is 253 g/mol. The van der Waals surface area contributed by atoms with Crippen molar-refractivity contribution in [1.29, 1.82) is 0 Å². The minimum atomic E-state index is -0.793. The Hall–Kier alpha value is -1.85. The van der Waals surface area contributed by atoms with Crippen LogP contribution in [0.15, 0.2) is 6.33 Å². The van der Waals surface area contributed by atoms with Crippen LogP contribution in [0.3, 0.4) is 0 Å². The van der Waals surface area contributed by atoms with Crippen molar-refractivity contribution in [1.82, 2.24) is 9.97 Å². The molecule has 0 saturated heterocycles. The number of nitrogens with zero attached hydrogens (tertiary/aromatic N) is 2. The van der Waals surface area contributed by atoms with Gasteiger partial charge in [0.2, 0.25) is 5.88 Å². The standard InChI is InChI=1S/C12H19N3O3/c1-4-18-12-9(3)11(13-7-14-12)15-8(2)5-6-10(16)17/h7-8H,4-6H2,1-3H3,(H,16,17)(H,13,14,15). The van der Waals surface area contributed by atoms with Crippen molar-refractivity contribution >= 4 is 11.8 Å². The lowest BCUT2D eigenvalue weighted by atomic mass is 10.2. The van der Waals surface area contributed by atoms with Gasteiger partial charge in [0.1, 0.15) is 12.1 Å². The van der Waals surface area contributed by atoms with E-state index < -0.39 is 5.97 Å². The number of nitrogens with one attached hydrogen (secondary N) is 1. The minimum absolute atomic E-state index is 0.0316. The van der Waals surface area contributed by atoms with Gasteiger partial charge in [-0.3, -0.25) is 4.79 Å². The molecule has 1 atom stereocenters. The molecule has 0 aliphatic rings. The number of anilines is 1. The molecule has 1 heterocycles. The van der Waals surface area contributed by atoms with Crippen LogP contribution in [-0.4, -0.2) is 33.7 Å². The molecule has 0 fully saturated rings. The zero-order valence-corrected chi connectivity index (χ0v) is 10.9. The lowest BCUT2D eigenvalue weighted by molar-refractivity contribution is -0.137. The average Bonchev–Trinajstić information content (AvgIpc) is 2.32. The second-order valence-electron chi connectivity index (χ2n) is 4.06. The number of carbonyl (C=O) groups is 1. The van der Waals surface area contributed by atoms with E-state index in [4.69, 9.17) is 9.84 Å². The highest BCUT2D eigenvalue weighted by molar-refractivity contribution is 5.66. The third kappa shape index (κ3) is 4.20. The van der Waals surface area contributed by atoms with Crippen LogP contribution in [0.1, 0.15) is 32.3 Å². The van der Waals surface area contributed by atoms with Gasteiger partial charge >= 0.3 is 5.97 Å². The summed E-state index contributed by atoms with van der Waals surface area (Å²) in [5, 5.41) is 11.8. The van der Waals surface area contributed by atoms with Crippen LogP contribution in [0, 0.1) is 6.92 Å². The van der Waals surface area contributed by atoms with Crippen molar-refractivity contribution in [2.45, 2.75) is 39.7 Å². The molecule has 0 radical (unpaired) electrons. The molecular weight excluding hydrogens is 234 g/mol. The van der Waals surface area contributed by atoms with E-state index in [1.54, 1.807) is 0 Å². The molecule has 1 rings (SSSR count). The fourth-order valence-electron chi connectivity index (χ4n) is 1.51. The SMILES string of the molecule is CCOc1ncnc(NC(C)CCC(=O)O)c1C. The molecule has 100 valence electrons. The molecule has 0 aromatic carbocycles. The van der Waals surface area contributed by atoms with Crippen molar-refractivity contribution in [3.63, 3.8) is 0 Å². The minimum Gasteiger partial charge on any atom is -0.481 e. The summed E-state index contributed by atoms with van der Waals surface area (Å²) in [6, 6.07) is 0.0316. The van der Waals surface area contributed by atoms with Crippen LogP contribution in [-0.2, 0) is 4.79 Å². The Balaban J connectivity index is 2.66. The fraction of sp³-hybridized carbons (Fsp3) is 0.583. The van der Waals surface area contributed by atoms with Gasteiger partial charge in [-0.2, -0.15) is 0 Å². The number of aliphatic carboxylic acids is 1. The van der Waals surface area contributed by atoms with Crippen molar-refractivity contribution in [2.75, 3.05) is 11.9 Å². The maximum absolute atomic E-state index is 10.5. The number of carboxylic acid groups (broad SMARTS) is 1. The van der Waals surface area contributed by atoms with Gasteiger partial charge in [-0.15, -0.1) is 0 Å². The Labute approximate surface area is 106 Å². The zero-order valence-electron chi connectivity index (χ0n) is 10.9. The fourth-order valence-corrected chi connectivity index (χ4v) is 1.51. The molecule has 1 aromatic rings. The normalized spacial score (nSPS) is 11.9. The van der Waals surface area contributed by atoms with E-state index in [1.807, 2.05) is 20.8 Å². The molecule has 6 heteroatoms. The number of aromatic nitrogens is 2. The maximum atomic E-state index is 10.5. The first-order valence-electron chi connectivity index (χ1n) is 5.97. The molecule has 1 unspecified atom stereocenters. The Morgan fingerprint density at radius 1 is 1.56 bits per heavy atom. The van der Waals surface area contributed by atoms with Gasteiger partial charge in [0, 0.05) is 12.5 Å². The number of hydrogen-bond donors (Lipinski definition) is 2. The number of carboxylic acids is 1. The molecule has 0 bridgehead atoms. The summed E-state index contributed by atoms with van der Waals surface area (Å²) in [6.45, 7) is 6.23. The van der Waals surface area contributed by atoms with E-state index in [9.17, 15) is 4.79 Å². The molecular formula is C12H19N3O3. The Morgan fingerprint density at radius 3 is 2.89 bits per heavy atom. The van der Waals surface area contributed by atoms with Crippen LogP contribution < -0.4 is 10.1 Å². The van der Waals surface area contributed by atoms with Crippen LogP contribution in [0.2, 0.25) is 0 Å². The number of rotatable bonds is 7. The first-order valence-corrected chi connectivity index (χ1v) is 5.97. The maximum Gasteiger partial charge on any atom is 0.303 e. The monoisotopic (exact) mass is 253 g/mol. The third-order valence-electron chi connectivity index (χ3n) is 2.49. The van der Waals surface area contributed by atoms with E-state index in [0.29, 0.717) is 24.7 Å². The largest absolute Gasteiger partial charge is 0.481 e. The molecule has 18 heavy (non-hydrogen) atoms. The van der Waals surface area contributed by atoms with Crippen LogP contribution in [0.25, 0.3) is 0 Å². The van der Waals surface area contributed by atoms with Crippen molar-refractivity contribution in [3.8, 4) is 5.88 Å². The predicted octanol–water partition coefficient (Wildman–Crippen LogP) is 1.85. The third-order valence-corrected chi connectivity index (χ3v) is 2.49. The summed E-state index contributed by atoms with van der Waals surface area (Å²) in [7, 11) is 0. The molecule has 2 N–H and O–H groups in total. The molecule has 0 aliphatic carbocycles. The Morgan fingerprint density at radius 2 is 2.28 bits per heavy atom. The summed E-state index contributed by atoms with van der Waals surface area (Å²) >= 11 is 0. The first kappa shape index (κ1) is 14.2. The zero-order chi connectivity index (χ0) is 13.5. The highest BCUT2D eigenvalue weighted by Crippen LogP contribution is 2.21. The van der Waals surface area contributed by atoms with E-state index in [0.717, 1.165) is 5.56 Å². The topological polar surface area (TPSA) is 84.3 Å². The predicted molar refractivity (Wildman–Crippen MR) is 67.9 cm³/mol. The summed E-state index contributed by atoms with van der Waals surface area (Å²) in [6.07, 6.45) is 2.11. The van der Waals surface area contributed by atoms with Gasteiger partial charge in [0.25, 0.3) is 0 Å². The Bertz CT molecular complexity index is 410. The summed E-state index contributed by atoms with van der Waals surface area (Å²) in [5.41, 5.74) is 0.835. The van der Waals surface area contributed by atoms with E-state index in [2.05, 4.69) is 15.3 Å². The van der Waals surface area contributed by atoms with Gasteiger partial charge in [-0.05, 0) is 27.2 Å². The molecule has 0 aliphatic heterocycles. The summed E-state index contributed by atoms with van der Waals surface area (Å²) < 4.78 is 5.37. The second-order valence-corrected chi connectivity index (χ2v) is 4.06. The molecule has 1 aromatic heterocycles. The summed E-state index contributed by atoms with van der Waals surface area (Å²) in [5.74, 6) is 0.449. The van der Waals surface area contributed by atoms with E-state index in [-0.39, 0.29) is 12.5 Å². The summed E-state index contributed by atoms with van der Waals surface area (Å²) in [4.78, 5) is 18.7. The highest BCUT2D eigenvalue weighted by Gasteiger charge is 2.11. The first-order chi connectivity index (χ1) is 8.54. The van der Waals surface area contributed by atoms with Gasteiger partial charge in [0.05, 0.1) is 12.2 Å². The second kappa shape index (κ2) is 6.78. The van der Waals surface area contributed by atoms with Crippen LogP contribution in [0.4, 0.5) is 5.82 Å². The highest BCUT2D eigenvalue weighted by atomic mass is 16.5. The van der Waals surface area contributed by atoms with Crippen molar-refractivity contribution < 1.29 is 14.6 Å². The van der Waals surface area contributed by atoms with Gasteiger partial charge in [-0.25, -0.2) is 9.97 Å². The van der Waals surface area contributed by atoms with Crippen molar-refractivity contribution in [3.05, 3.63) is 11.9 Å². The van der Waals surface area contributed by atoms with Crippen LogP contribution >= 0.6 is 0 Å². The van der Waals surface area contributed by atoms with Crippen LogP contribution in [0.5, 0.6) is 5.88 Å². The Kier molecular flexibility index (Phi) is 5.35.